The van der Waals surface area contributed by atoms with Gasteiger partial charge in [0.15, 0.2) is 6.71 Å². The van der Waals surface area contributed by atoms with Crippen molar-refractivity contribution in [2.24, 2.45) is 0 Å². The topological polar surface area (TPSA) is 31.8 Å². The molecule has 5 aromatic rings. The van der Waals surface area contributed by atoms with Gasteiger partial charge in [-0.15, -0.1) is 41.5 Å². The Labute approximate surface area is 249 Å². The second-order valence-electron chi connectivity index (χ2n) is 9.54. The Kier molecular flexibility index (Phi) is 7.19. The Morgan fingerprint density at radius 3 is 2.35 bits per heavy atom. The van der Waals surface area contributed by atoms with E-state index in [9.17, 15) is 0 Å². The summed E-state index contributed by atoms with van der Waals surface area (Å²) < 4.78 is 6.14. The van der Waals surface area contributed by atoms with Gasteiger partial charge in [-0.25, -0.2) is 4.98 Å². The van der Waals surface area contributed by atoms with Crippen molar-refractivity contribution in [3.8, 4) is 11.6 Å². The maximum absolute atomic E-state index is 6.14. The fourth-order valence-corrected chi connectivity index (χ4v) is 5.27. The molecule has 0 atom stereocenters. The molecule has 1 aromatic heterocycles. The van der Waals surface area contributed by atoms with E-state index in [-0.39, 0.29) is 27.8 Å². The first-order chi connectivity index (χ1) is 19.2. The van der Waals surface area contributed by atoms with Gasteiger partial charge in [0, 0.05) is 44.8 Å². The standard InChI is InChI=1S/C33H24BN4O.Pt/c1-36-20-21-37(24-36)26-12-9-13-27(22-26)38-31-15-6-5-14-29(31)34(25-10-3-2-4-11-25)30-18-17-28(23-32(30)38)39-33-16-7-8-19-35-33;/h2-21,24H,1H3;/q-3;. The fraction of sp³-hybridized carbons (Fsp3) is 0.0303. The largest absolute Gasteiger partial charge is 0.510 e. The number of fused-ring (bicyclic) bond motifs is 2. The number of aromatic nitrogens is 1. The van der Waals surface area contributed by atoms with Gasteiger partial charge >= 0.3 is 0 Å². The average Bonchev–Trinajstić information content (AvgIpc) is 3.43. The van der Waals surface area contributed by atoms with E-state index < -0.39 is 0 Å². The van der Waals surface area contributed by atoms with Crippen LogP contribution in [0.25, 0.3) is 0 Å². The zero-order chi connectivity index (χ0) is 26.2. The second kappa shape index (κ2) is 11.1. The summed E-state index contributed by atoms with van der Waals surface area (Å²) in [5.41, 5.74) is 7.52. The van der Waals surface area contributed by atoms with E-state index in [0.717, 1.165) is 28.2 Å². The van der Waals surface area contributed by atoms with Crippen LogP contribution in [0.3, 0.4) is 0 Å². The minimum atomic E-state index is 0. The first-order valence-electron chi connectivity index (χ1n) is 12.9. The van der Waals surface area contributed by atoms with Crippen molar-refractivity contribution >= 4 is 45.9 Å². The third kappa shape index (κ3) is 4.80. The predicted molar refractivity (Wildman–Crippen MR) is 158 cm³/mol. The van der Waals surface area contributed by atoms with Crippen LogP contribution < -0.4 is 30.9 Å². The van der Waals surface area contributed by atoms with Gasteiger partial charge in [0.1, 0.15) is 0 Å². The number of hydrogen-bond acceptors (Lipinski definition) is 5. The number of nitrogens with zero attached hydrogens (tertiary/aromatic N) is 4. The number of anilines is 4. The number of rotatable bonds is 5. The molecule has 7 rings (SSSR count). The number of ether oxygens (including phenoxy) is 1. The predicted octanol–water partition coefficient (Wildman–Crippen LogP) is 5.11. The molecule has 0 fully saturated rings. The normalized spacial score (nSPS) is 13.5. The molecule has 3 heterocycles. The van der Waals surface area contributed by atoms with E-state index in [4.69, 9.17) is 4.74 Å². The van der Waals surface area contributed by atoms with Gasteiger partial charge in [0.2, 0.25) is 5.88 Å². The molecular weight excluding hydrogens is 674 g/mol. The average molecular weight is 698 g/mol. The molecule has 0 unspecified atom stereocenters. The summed E-state index contributed by atoms with van der Waals surface area (Å²) >= 11 is 0. The van der Waals surface area contributed by atoms with Gasteiger partial charge in [-0.2, -0.15) is 18.8 Å². The molecule has 0 amide bonds. The number of pyridine rings is 1. The Bertz CT molecular complexity index is 1660. The monoisotopic (exact) mass is 698 g/mol. The van der Waals surface area contributed by atoms with E-state index >= 15 is 0 Å². The van der Waals surface area contributed by atoms with Gasteiger partial charge in [-0.3, -0.25) is 0 Å². The van der Waals surface area contributed by atoms with Gasteiger partial charge in [-0.05, 0) is 31.6 Å². The molecule has 2 aliphatic rings. The molecule has 198 valence electrons. The molecule has 0 N–H and O–H groups in total. The summed E-state index contributed by atoms with van der Waals surface area (Å²) in [6, 6.07) is 42.5. The molecule has 7 heteroatoms. The molecular formula is C33H24BN4OPt-3. The zero-order valence-corrected chi connectivity index (χ0v) is 24.0. The van der Waals surface area contributed by atoms with Gasteiger partial charge in [0.05, 0.1) is 0 Å². The fourth-order valence-electron chi connectivity index (χ4n) is 5.27. The second-order valence-corrected chi connectivity index (χ2v) is 9.54. The zero-order valence-electron chi connectivity index (χ0n) is 21.7. The minimum absolute atomic E-state index is 0. The SMILES string of the molecule is CN1C=CN(c2[c-]c(N3c4[c-]c(Oc5ccccn5)ccc4B(c4ccccc4)c4ccccc43)ccc2)[CH-]1.[Pt]. The smallest absolute Gasteiger partial charge is 0.216 e. The molecule has 5 nitrogen and oxygen atoms in total. The van der Waals surface area contributed by atoms with Gasteiger partial charge in [0.25, 0.3) is 0 Å². The van der Waals surface area contributed by atoms with E-state index in [1.54, 1.807) is 6.20 Å². The van der Waals surface area contributed by atoms with Crippen molar-refractivity contribution in [2.45, 2.75) is 0 Å². The van der Waals surface area contributed by atoms with Crippen LogP contribution in [-0.2, 0) is 21.1 Å². The third-order valence-corrected chi connectivity index (χ3v) is 6.99. The summed E-state index contributed by atoms with van der Waals surface area (Å²) in [5.74, 6) is 1.14. The van der Waals surface area contributed by atoms with Crippen LogP contribution in [0, 0.1) is 18.8 Å². The molecule has 0 spiro atoms. The maximum Gasteiger partial charge on any atom is 0.216 e. The number of hydrogen-bond donors (Lipinski definition) is 0. The van der Waals surface area contributed by atoms with Crippen LogP contribution >= 0.6 is 0 Å². The summed E-state index contributed by atoms with van der Waals surface area (Å²) in [4.78, 5) is 10.7. The van der Waals surface area contributed by atoms with E-state index in [1.807, 2.05) is 55.3 Å². The number of benzene rings is 4. The van der Waals surface area contributed by atoms with Crippen LogP contribution in [0.15, 0.2) is 122 Å². The molecule has 0 saturated carbocycles. The molecule has 0 saturated heterocycles. The van der Waals surface area contributed by atoms with Crippen molar-refractivity contribution in [2.75, 3.05) is 16.8 Å². The quantitative estimate of drug-likeness (QED) is 0.185. The summed E-state index contributed by atoms with van der Waals surface area (Å²) in [5, 5.41) is 0. The van der Waals surface area contributed by atoms with Crippen LogP contribution in [-0.4, -0.2) is 23.6 Å². The van der Waals surface area contributed by atoms with Gasteiger partial charge in [-0.1, -0.05) is 76.9 Å². The maximum atomic E-state index is 6.14. The van der Waals surface area contributed by atoms with Crippen molar-refractivity contribution in [1.29, 1.82) is 0 Å². The first kappa shape index (κ1) is 26.0. The summed E-state index contributed by atoms with van der Waals surface area (Å²) in [7, 11) is 2.01. The molecule has 0 radical (unpaired) electrons. The van der Waals surface area contributed by atoms with Crippen LogP contribution in [0.1, 0.15) is 0 Å². The summed E-state index contributed by atoms with van der Waals surface area (Å²) in [6.07, 6.45) is 5.78. The first-order valence-corrected chi connectivity index (χ1v) is 12.9. The molecule has 2 aliphatic heterocycles. The van der Waals surface area contributed by atoms with Gasteiger partial charge < -0.3 is 19.4 Å². The van der Waals surface area contributed by atoms with Crippen LogP contribution in [0.2, 0.25) is 0 Å². The Morgan fingerprint density at radius 1 is 0.750 bits per heavy atom. The van der Waals surface area contributed by atoms with Crippen LogP contribution in [0.5, 0.6) is 11.6 Å². The van der Waals surface area contributed by atoms with E-state index in [2.05, 4.69) is 106 Å². The van der Waals surface area contributed by atoms with Crippen molar-refractivity contribution in [3.63, 3.8) is 0 Å². The molecule has 0 bridgehead atoms. The summed E-state index contributed by atoms with van der Waals surface area (Å²) in [6.45, 7) is 2.09. The Hall–Kier alpha value is -4.28. The van der Waals surface area contributed by atoms with Crippen molar-refractivity contribution in [1.82, 2.24) is 9.88 Å². The number of para-hydroxylation sites is 1. The van der Waals surface area contributed by atoms with Crippen LogP contribution in [0.4, 0.5) is 22.7 Å². The molecule has 4 aromatic carbocycles. The van der Waals surface area contributed by atoms with Crippen molar-refractivity contribution in [3.05, 3.63) is 141 Å². The molecule has 40 heavy (non-hydrogen) atoms. The third-order valence-electron chi connectivity index (χ3n) is 6.99. The van der Waals surface area contributed by atoms with E-state index in [0.29, 0.717) is 11.6 Å². The Morgan fingerprint density at radius 2 is 1.55 bits per heavy atom. The van der Waals surface area contributed by atoms with Crippen molar-refractivity contribution < 1.29 is 25.8 Å². The van der Waals surface area contributed by atoms with E-state index in [1.165, 1.54) is 10.9 Å². The molecule has 0 aliphatic carbocycles. The Balaban J connectivity index is 0.00000289. The minimum Gasteiger partial charge on any atom is -0.510 e.